The summed E-state index contributed by atoms with van der Waals surface area (Å²) in [4.78, 5) is 13.3. The summed E-state index contributed by atoms with van der Waals surface area (Å²) in [6.07, 6.45) is 0. The van der Waals surface area contributed by atoms with Gasteiger partial charge < -0.3 is 19.1 Å². The minimum atomic E-state index is -0.0755. The number of amides is 1. The molecule has 1 aliphatic rings. The summed E-state index contributed by atoms with van der Waals surface area (Å²) in [6.45, 7) is 1.59. The highest BCUT2D eigenvalue weighted by atomic mass is 16.5. The SMILES string of the molecule is COc1ccccc1OCC(=O)N1CCOC1. The highest BCUT2D eigenvalue weighted by Gasteiger charge is 2.19. The van der Waals surface area contributed by atoms with Gasteiger partial charge in [-0.15, -0.1) is 0 Å². The average Bonchev–Trinajstić information content (AvgIpc) is 2.90. The van der Waals surface area contributed by atoms with Crippen LogP contribution in [0.4, 0.5) is 0 Å². The zero-order valence-electron chi connectivity index (χ0n) is 9.72. The highest BCUT2D eigenvalue weighted by molar-refractivity contribution is 5.77. The van der Waals surface area contributed by atoms with Gasteiger partial charge in [-0.3, -0.25) is 4.79 Å². The number of para-hydroxylation sites is 2. The van der Waals surface area contributed by atoms with Gasteiger partial charge >= 0.3 is 0 Å². The molecular formula is C12H15NO4. The number of ether oxygens (including phenoxy) is 3. The molecule has 0 bridgehead atoms. The third-order valence-corrected chi connectivity index (χ3v) is 2.53. The number of hydrogen-bond acceptors (Lipinski definition) is 4. The minimum absolute atomic E-state index is 0.00370. The Balaban J connectivity index is 1.90. The second-order valence-corrected chi connectivity index (χ2v) is 3.63. The first-order valence-electron chi connectivity index (χ1n) is 5.42. The van der Waals surface area contributed by atoms with E-state index in [1.54, 1.807) is 24.1 Å². The van der Waals surface area contributed by atoms with Crippen molar-refractivity contribution in [1.82, 2.24) is 4.90 Å². The molecule has 1 aromatic rings. The van der Waals surface area contributed by atoms with Crippen molar-refractivity contribution in [2.75, 3.05) is 33.6 Å². The maximum absolute atomic E-state index is 11.7. The van der Waals surface area contributed by atoms with E-state index in [9.17, 15) is 4.79 Å². The van der Waals surface area contributed by atoms with Crippen molar-refractivity contribution >= 4 is 5.91 Å². The molecule has 1 aliphatic heterocycles. The molecule has 1 aromatic carbocycles. The van der Waals surface area contributed by atoms with Crippen LogP contribution in [0.2, 0.25) is 0 Å². The molecule has 1 amide bonds. The van der Waals surface area contributed by atoms with E-state index in [-0.39, 0.29) is 12.5 Å². The van der Waals surface area contributed by atoms with E-state index >= 15 is 0 Å². The molecule has 1 heterocycles. The molecule has 17 heavy (non-hydrogen) atoms. The normalized spacial score (nSPS) is 14.8. The van der Waals surface area contributed by atoms with Crippen molar-refractivity contribution in [3.63, 3.8) is 0 Å². The molecule has 0 atom stereocenters. The lowest BCUT2D eigenvalue weighted by Gasteiger charge is -2.15. The Morgan fingerprint density at radius 2 is 2.18 bits per heavy atom. The lowest BCUT2D eigenvalue weighted by molar-refractivity contribution is -0.133. The van der Waals surface area contributed by atoms with Crippen LogP contribution in [-0.4, -0.2) is 44.4 Å². The molecule has 5 heteroatoms. The topological polar surface area (TPSA) is 48.0 Å². The van der Waals surface area contributed by atoms with E-state index in [0.29, 0.717) is 31.4 Å². The lowest BCUT2D eigenvalue weighted by Crippen LogP contribution is -2.32. The molecule has 92 valence electrons. The number of benzene rings is 1. The van der Waals surface area contributed by atoms with Crippen LogP contribution in [0.3, 0.4) is 0 Å². The molecule has 0 spiro atoms. The summed E-state index contributed by atoms with van der Waals surface area (Å²) in [5, 5.41) is 0. The fourth-order valence-electron chi connectivity index (χ4n) is 1.58. The van der Waals surface area contributed by atoms with Crippen molar-refractivity contribution in [2.24, 2.45) is 0 Å². The summed E-state index contributed by atoms with van der Waals surface area (Å²) in [5.41, 5.74) is 0. The van der Waals surface area contributed by atoms with Crippen LogP contribution in [0.5, 0.6) is 11.5 Å². The largest absolute Gasteiger partial charge is 0.493 e. The molecule has 0 unspecified atom stereocenters. The van der Waals surface area contributed by atoms with Gasteiger partial charge in [-0.25, -0.2) is 0 Å². The van der Waals surface area contributed by atoms with E-state index in [1.807, 2.05) is 12.1 Å². The Morgan fingerprint density at radius 1 is 1.41 bits per heavy atom. The Labute approximate surface area is 99.9 Å². The zero-order chi connectivity index (χ0) is 12.1. The van der Waals surface area contributed by atoms with Crippen LogP contribution in [0.25, 0.3) is 0 Å². The molecular weight excluding hydrogens is 222 g/mol. The first kappa shape index (κ1) is 11.7. The van der Waals surface area contributed by atoms with Gasteiger partial charge in [-0.2, -0.15) is 0 Å². The maximum atomic E-state index is 11.7. The van der Waals surface area contributed by atoms with Gasteiger partial charge in [0.15, 0.2) is 18.1 Å². The van der Waals surface area contributed by atoms with Gasteiger partial charge in [0.05, 0.1) is 13.7 Å². The quantitative estimate of drug-likeness (QED) is 0.780. The second-order valence-electron chi connectivity index (χ2n) is 3.63. The van der Waals surface area contributed by atoms with Gasteiger partial charge in [0.2, 0.25) is 0 Å². The third kappa shape index (κ3) is 2.88. The second kappa shape index (κ2) is 5.54. The number of methoxy groups -OCH3 is 1. The van der Waals surface area contributed by atoms with E-state index in [2.05, 4.69) is 0 Å². The van der Waals surface area contributed by atoms with Crippen LogP contribution in [-0.2, 0) is 9.53 Å². The Hall–Kier alpha value is -1.75. The Morgan fingerprint density at radius 3 is 2.82 bits per heavy atom. The monoisotopic (exact) mass is 237 g/mol. The molecule has 0 aliphatic carbocycles. The van der Waals surface area contributed by atoms with Gasteiger partial charge in [-0.05, 0) is 12.1 Å². The van der Waals surface area contributed by atoms with Crippen LogP contribution in [0, 0.1) is 0 Å². The van der Waals surface area contributed by atoms with Crippen molar-refractivity contribution in [1.29, 1.82) is 0 Å². The molecule has 0 N–H and O–H groups in total. The van der Waals surface area contributed by atoms with Gasteiger partial charge in [0.25, 0.3) is 5.91 Å². The van der Waals surface area contributed by atoms with Crippen molar-refractivity contribution < 1.29 is 19.0 Å². The zero-order valence-corrected chi connectivity index (χ0v) is 9.72. The summed E-state index contributed by atoms with van der Waals surface area (Å²) >= 11 is 0. The van der Waals surface area contributed by atoms with Crippen LogP contribution >= 0.6 is 0 Å². The van der Waals surface area contributed by atoms with Crippen molar-refractivity contribution in [3.05, 3.63) is 24.3 Å². The van der Waals surface area contributed by atoms with Gasteiger partial charge in [-0.1, -0.05) is 12.1 Å². The standard InChI is InChI=1S/C12H15NO4/c1-15-10-4-2-3-5-11(10)17-8-12(14)13-6-7-16-9-13/h2-5H,6-9H2,1H3. The number of carbonyl (C=O) groups is 1. The summed E-state index contributed by atoms with van der Waals surface area (Å²) in [7, 11) is 1.57. The molecule has 5 nitrogen and oxygen atoms in total. The first-order valence-corrected chi connectivity index (χ1v) is 5.42. The third-order valence-electron chi connectivity index (χ3n) is 2.53. The van der Waals surface area contributed by atoms with Crippen molar-refractivity contribution in [2.45, 2.75) is 0 Å². The fourth-order valence-corrected chi connectivity index (χ4v) is 1.58. The number of rotatable bonds is 4. The maximum Gasteiger partial charge on any atom is 0.262 e. The summed E-state index contributed by atoms with van der Waals surface area (Å²) < 4.78 is 15.7. The van der Waals surface area contributed by atoms with E-state index < -0.39 is 0 Å². The number of carbonyl (C=O) groups excluding carboxylic acids is 1. The lowest BCUT2D eigenvalue weighted by atomic mass is 10.3. The first-order chi connectivity index (χ1) is 8.31. The van der Waals surface area contributed by atoms with Crippen LogP contribution in [0.1, 0.15) is 0 Å². The molecule has 1 saturated heterocycles. The molecule has 0 aromatic heterocycles. The molecule has 0 saturated carbocycles. The van der Waals surface area contributed by atoms with Crippen LogP contribution in [0.15, 0.2) is 24.3 Å². The predicted molar refractivity (Wildman–Crippen MR) is 61.0 cm³/mol. The average molecular weight is 237 g/mol. The highest BCUT2D eigenvalue weighted by Crippen LogP contribution is 2.25. The fraction of sp³-hybridized carbons (Fsp3) is 0.417. The van der Waals surface area contributed by atoms with E-state index in [0.717, 1.165) is 0 Å². The Kier molecular flexibility index (Phi) is 3.82. The van der Waals surface area contributed by atoms with Crippen LogP contribution < -0.4 is 9.47 Å². The number of hydrogen-bond donors (Lipinski definition) is 0. The van der Waals surface area contributed by atoms with Gasteiger partial charge in [0, 0.05) is 6.54 Å². The number of nitrogens with zero attached hydrogens (tertiary/aromatic N) is 1. The minimum Gasteiger partial charge on any atom is -0.493 e. The van der Waals surface area contributed by atoms with Gasteiger partial charge in [0.1, 0.15) is 6.73 Å². The molecule has 2 rings (SSSR count). The Bertz CT molecular complexity index is 388. The smallest absolute Gasteiger partial charge is 0.262 e. The summed E-state index contributed by atoms with van der Waals surface area (Å²) in [6, 6.07) is 7.24. The van der Waals surface area contributed by atoms with E-state index in [1.165, 1.54) is 0 Å². The van der Waals surface area contributed by atoms with E-state index in [4.69, 9.17) is 14.2 Å². The molecule has 0 radical (unpaired) electrons. The predicted octanol–water partition coefficient (Wildman–Crippen LogP) is 0.890. The van der Waals surface area contributed by atoms with Crippen molar-refractivity contribution in [3.8, 4) is 11.5 Å². The molecule has 1 fully saturated rings. The summed E-state index contributed by atoms with van der Waals surface area (Å²) in [5.74, 6) is 1.12.